The summed E-state index contributed by atoms with van der Waals surface area (Å²) in [5.41, 5.74) is 8.26. The molecule has 1 aromatic rings. The Hall–Kier alpha value is -1.71. The third kappa shape index (κ3) is 4.16. The molecule has 106 valence electrons. The van der Waals surface area contributed by atoms with Gasteiger partial charge in [-0.05, 0) is 29.5 Å². The average molecular weight is 263 g/mol. The summed E-state index contributed by atoms with van der Waals surface area (Å²) < 4.78 is 0. The van der Waals surface area contributed by atoms with Gasteiger partial charge in [0.2, 0.25) is 0 Å². The Kier molecular flexibility index (Phi) is 4.81. The van der Waals surface area contributed by atoms with E-state index in [0.29, 0.717) is 17.2 Å². The van der Waals surface area contributed by atoms with Gasteiger partial charge in [-0.3, -0.25) is 4.79 Å². The lowest BCUT2D eigenvalue weighted by Crippen LogP contribution is -2.25. The van der Waals surface area contributed by atoms with Crippen LogP contribution in [0.5, 0.6) is 0 Å². The Balaban J connectivity index is 2.81. The van der Waals surface area contributed by atoms with Crippen molar-refractivity contribution in [1.29, 1.82) is 0 Å². The van der Waals surface area contributed by atoms with Crippen LogP contribution in [0.1, 0.15) is 38.1 Å². The highest BCUT2D eigenvalue weighted by atomic mass is 16.1. The molecule has 0 aliphatic carbocycles. The smallest absolute Gasteiger partial charge is 0.251 e. The number of hydrogen-bond acceptors (Lipinski definition) is 3. The lowest BCUT2D eigenvalue weighted by Gasteiger charge is -2.28. The van der Waals surface area contributed by atoms with Gasteiger partial charge in [-0.25, -0.2) is 0 Å². The summed E-state index contributed by atoms with van der Waals surface area (Å²) in [6.07, 6.45) is 0. The molecule has 0 aliphatic heterocycles. The van der Waals surface area contributed by atoms with E-state index in [1.165, 1.54) is 0 Å². The van der Waals surface area contributed by atoms with Crippen LogP contribution in [0.15, 0.2) is 18.2 Å². The highest BCUT2D eigenvalue weighted by Gasteiger charge is 2.19. The standard InChI is InChI=1S/C15H25N3O/c1-10(15(2,3)4)9-18-13-8-11(14(19)17-5)6-7-12(13)16/h6-8,10,18H,9,16H2,1-5H3,(H,17,19). The van der Waals surface area contributed by atoms with Crippen molar-refractivity contribution in [3.05, 3.63) is 23.8 Å². The zero-order chi connectivity index (χ0) is 14.6. The van der Waals surface area contributed by atoms with Gasteiger partial charge in [0, 0.05) is 19.2 Å². The Bertz CT molecular complexity index is 449. The average Bonchev–Trinajstić information content (AvgIpc) is 2.35. The van der Waals surface area contributed by atoms with E-state index in [9.17, 15) is 4.79 Å². The number of nitrogen functional groups attached to an aromatic ring is 1. The molecule has 0 fully saturated rings. The van der Waals surface area contributed by atoms with E-state index in [4.69, 9.17) is 5.73 Å². The van der Waals surface area contributed by atoms with Crippen molar-refractivity contribution in [2.75, 3.05) is 24.6 Å². The van der Waals surface area contributed by atoms with Gasteiger partial charge in [-0.1, -0.05) is 27.7 Å². The van der Waals surface area contributed by atoms with Crippen molar-refractivity contribution in [2.24, 2.45) is 11.3 Å². The molecule has 1 amide bonds. The highest BCUT2D eigenvalue weighted by molar-refractivity contribution is 5.96. The molecule has 0 aromatic heterocycles. The van der Waals surface area contributed by atoms with Crippen LogP contribution in [0.2, 0.25) is 0 Å². The maximum absolute atomic E-state index is 11.6. The SMILES string of the molecule is CNC(=O)c1ccc(N)c(NCC(C)C(C)(C)C)c1. The fraction of sp³-hybridized carbons (Fsp3) is 0.533. The first-order valence-corrected chi connectivity index (χ1v) is 6.61. The molecule has 19 heavy (non-hydrogen) atoms. The van der Waals surface area contributed by atoms with Crippen LogP contribution < -0.4 is 16.4 Å². The second-order valence-corrected chi connectivity index (χ2v) is 6.03. The van der Waals surface area contributed by atoms with E-state index in [1.807, 2.05) is 0 Å². The van der Waals surface area contributed by atoms with E-state index in [1.54, 1.807) is 25.2 Å². The zero-order valence-electron chi connectivity index (χ0n) is 12.5. The van der Waals surface area contributed by atoms with Crippen LogP contribution in [0, 0.1) is 11.3 Å². The third-order valence-corrected chi connectivity index (χ3v) is 3.62. The maximum atomic E-state index is 11.6. The molecule has 4 N–H and O–H groups in total. The number of hydrogen-bond donors (Lipinski definition) is 3. The number of anilines is 2. The summed E-state index contributed by atoms with van der Waals surface area (Å²) in [6, 6.07) is 5.28. The van der Waals surface area contributed by atoms with Crippen LogP contribution in [0.4, 0.5) is 11.4 Å². The first-order chi connectivity index (χ1) is 8.75. The zero-order valence-corrected chi connectivity index (χ0v) is 12.5. The first kappa shape index (κ1) is 15.3. The molecule has 0 aliphatic rings. The minimum absolute atomic E-state index is 0.105. The van der Waals surface area contributed by atoms with Crippen LogP contribution in [0.25, 0.3) is 0 Å². The molecular weight excluding hydrogens is 238 g/mol. The van der Waals surface area contributed by atoms with Crippen molar-refractivity contribution in [3.63, 3.8) is 0 Å². The lowest BCUT2D eigenvalue weighted by molar-refractivity contribution is 0.0963. The van der Waals surface area contributed by atoms with Crippen molar-refractivity contribution in [3.8, 4) is 0 Å². The fourth-order valence-electron chi connectivity index (χ4n) is 1.56. The number of benzene rings is 1. The number of nitrogens with one attached hydrogen (secondary N) is 2. The van der Waals surface area contributed by atoms with Crippen molar-refractivity contribution in [1.82, 2.24) is 5.32 Å². The topological polar surface area (TPSA) is 67.2 Å². The quantitative estimate of drug-likeness (QED) is 0.732. The Morgan fingerprint density at radius 3 is 2.53 bits per heavy atom. The Labute approximate surface area is 115 Å². The summed E-state index contributed by atoms with van der Waals surface area (Å²) in [5, 5.41) is 5.94. The van der Waals surface area contributed by atoms with E-state index in [0.717, 1.165) is 12.2 Å². The summed E-state index contributed by atoms with van der Waals surface area (Å²) in [7, 11) is 1.62. The van der Waals surface area contributed by atoms with Gasteiger partial charge < -0.3 is 16.4 Å². The van der Waals surface area contributed by atoms with Gasteiger partial charge in [0.1, 0.15) is 0 Å². The van der Waals surface area contributed by atoms with Gasteiger partial charge in [0.15, 0.2) is 0 Å². The molecule has 0 saturated heterocycles. The van der Waals surface area contributed by atoms with E-state index in [2.05, 4.69) is 38.3 Å². The molecule has 0 radical (unpaired) electrons. The van der Waals surface area contributed by atoms with Crippen LogP contribution in [0.3, 0.4) is 0 Å². The molecule has 1 rings (SSSR count). The van der Waals surface area contributed by atoms with Crippen LogP contribution in [-0.4, -0.2) is 19.5 Å². The van der Waals surface area contributed by atoms with Crippen molar-refractivity contribution < 1.29 is 4.79 Å². The van der Waals surface area contributed by atoms with Gasteiger partial charge >= 0.3 is 0 Å². The summed E-state index contributed by atoms with van der Waals surface area (Å²) in [6.45, 7) is 9.66. The summed E-state index contributed by atoms with van der Waals surface area (Å²) in [4.78, 5) is 11.6. The minimum Gasteiger partial charge on any atom is -0.397 e. The highest BCUT2D eigenvalue weighted by Crippen LogP contribution is 2.27. The second kappa shape index (κ2) is 5.95. The predicted octanol–water partition coefficient (Wildman–Crippen LogP) is 2.72. The fourth-order valence-corrected chi connectivity index (χ4v) is 1.56. The number of nitrogens with two attached hydrogens (primary N) is 1. The molecule has 0 spiro atoms. The molecule has 1 aromatic carbocycles. The van der Waals surface area contributed by atoms with E-state index in [-0.39, 0.29) is 11.3 Å². The monoisotopic (exact) mass is 263 g/mol. The molecule has 1 unspecified atom stereocenters. The van der Waals surface area contributed by atoms with Crippen LogP contribution >= 0.6 is 0 Å². The van der Waals surface area contributed by atoms with Crippen LogP contribution in [-0.2, 0) is 0 Å². The summed E-state index contributed by atoms with van der Waals surface area (Å²) in [5.74, 6) is 0.391. The van der Waals surface area contributed by atoms with Gasteiger partial charge in [-0.15, -0.1) is 0 Å². The Morgan fingerprint density at radius 2 is 2.00 bits per heavy atom. The molecular formula is C15H25N3O. The number of rotatable bonds is 4. The predicted molar refractivity (Wildman–Crippen MR) is 81.4 cm³/mol. The number of amides is 1. The van der Waals surface area contributed by atoms with Gasteiger partial charge in [-0.2, -0.15) is 0 Å². The van der Waals surface area contributed by atoms with E-state index >= 15 is 0 Å². The molecule has 4 nitrogen and oxygen atoms in total. The molecule has 4 heteroatoms. The molecule has 0 bridgehead atoms. The normalized spacial score (nSPS) is 12.9. The van der Waals surface area contributed by atoms with Crippen molar-refractivity contribution in [2.45, 2.75) is 27.7 Å². The molecule has 1 atom stereocenters. The van der Waals surface area contributed by atoms with Gasteiger partial charge in [0.25, 0.3) is 5.91 Å². The molecule has 0 saturated carbocycles. The minimum atomic E-state index is -0.105. The third-order valence-electron chi connectivity index (χ3n) is 3.62. The maximum Gasteiger partial charge on any atom is 0.251 e. The Morgan fingerprint density at radius 1 is 1.37 bits per heavy atom. The number of carbonyl (C=O) groups is 1. The second-order valence-electron chi connectivity index (χ2n) is 6.03. The van der Waals surface area contributed by atoms with Crippen molar-refractivity contribution >= 4 is 17.3 Å². The van der Waals surface area contributed by atoms with E-state index < -0.39 is 0 Å². The lowest BCUT2D eigenvalue weighted by atomic mass is 9.82. The molecule has 0 heterocycles. The summed E-state index contributed by atoms with van der Waals surface area (Å²) >= 11 is 0. The largest absolute Gasteiger partial charge is 0.397 e. The first-order valence-electron chi connectivity index (χ1n) is 6.61. The van der Waals surface area contributed by atoms with Gasteiger partial charge in [0.05, 0.1) is 11.4 Å². The number of carbonyl (C=O) groups excluding carboxylic acids is 1.